The highest BCUT2D eigenvalue weighted by molar-refractivity contribution is 5.97. The van der Waals surface area contributed by atoms with Gasteiger partial charge < -0.3 is 24.3 Å². The maximum atomic E-state index is 12.3. The molecule has 1 saturated heterocycles. The lowest BCUT2D eigenvalue weighted by atomic mass is 10.2. The predicted molar refractivity (Wildman–Crippen MR) is 87.4 cm³/mol. The van der Waals surface area contributed by atoms with Crippen molar-refractivity contribution in [3.05, 3.63) is 42.4 Å². The van der Waals surface area contributed by atoms with Crippen LogP contribution in [-0.2, 0) is 4.79 Å². The zero-order valence-corrected chi connectivity index (χ0v) is 13.0. The number of anilines is 2. The first kappa shape index (κ1) is 14.6. The fourth-order valence-electron chi connectivity index (χ4n) is 3.05. The van der Waals surface area contributed by atoms with Crippen LogP contribution in [0.2, 0.25) is 0 Å². The molecule has 1 fully saturated rings. The van der Waals surface area contributed by atoms with Gasteiger partial charge in [0.15, 0.2) is 18.1 Å². The number of ether oxygens (including phenoxy) is 1. The number of para-hydroxylation sites is 1. The van der Waals surface area contributed by atoms with Crippen LogP contribution < -0.4 is 15.0 Å². The molecule has 0 spiro atoms. The molecule has 2 aromatic rings. The van der Waals surface area contributed by atoms with E-state index in [-0.39, 0.29) is 18.4 Å². The number of hydrogen-bond donors (Lipinski definition) is 1. The molecular weight excluding hydrogens is 310 g/mol. The number of fused-ring (bicyclic) bond motifs is 1. The topological polar surface area (TPSA) is 75.0 Å². The summed E-state index contributed by atoms with van der Waals surface area (Å²) in [6, 6.07) is 9.08. The summed E-state index contributed by atoms with van der Waals surface area (Å²) in [7, 11) is 0. The Kier molecular flexibility index (Phi) is 3.60. The van der Waals surface area contributed by atoms with Crippen LogP contribution in [0.1, 0.15) is 10.6 Å². The Morgan fingerprint density at radius 2 is 1.92 bits per heavy atom. The third kappa shape index (κ3) is 2.58. The van der Waals surface area contributed by atoms with Crippen molar-refractivity contribution in [1.29, 1.82) is 0 Å². The number of benzene rings is 1. The molecule has 24 heavy (non-hydrogen) atoms. The van der Waals surface area contributed by atoms with Crippen molar-refractivity contribution in [1.82, 2.24) is 4.90 Å². The molecule has 2 aliphatic rings. The van der Waals surface area contributed by atoms with Gasteiger partial charge in [-0.15, -0.1) is 0 Å². The second-order valence-corrected chi connectivity index (χ2v) is 5.75. The van der Waals surface area contributed by atoms with E-state index in [1.54, 1.807) is 17.0 Å². The van der Waals surface area contributed by atoms with Crippen LogP contribution in [0.4, 0.5) is 11.4 Å². The molecule has 1 aromatic carbocycles. The fraction of sp³-hybridized carbons (Fsp3) is 0.294. The van der Waals surface area contributed by atoms with Gasteiger partial charge in [0.25, 0.3) is 11.8 Å². The number of rotatable bonds is 2. The average Bonchev–Trinajstić information content (AvgIpc) is 3.15. The highest BCUT2D eigenvalue weighted by atomic mass is 16.5. The SMILES string of the molecule is O=C1COc2c(cccc2N2CCN(C(=O)c3ccco3)CC2)N1. The number of amides is 2. The zero-order chi connectivity index (χ0) is 16.5. The van der Waals surface area contributed by atoms with Crippen LogP contribution in [0.15, 0.2) is 41.0 Å². The van der Waals surface area contributed by atoms with E-state index in [1.807, 2.05) is 18.2 Å². The second-order valence-electron chi connectivity index (χ2n) is 5.75. The van der Waals surface area contributed by atoms with Gasteiger partial charge in [0.05, 0.1) is 17.6 Å². The minimum Gasteiger partial charge on any atom is -0.479 e. The molecule has 3 heterocycles. The average molecular weight is 327 g/mol. The van der Waals surface area contributed by atoms with E-state index in [4.69, 9.17) is 9.15 Å². The van der Waals surface area contributed by atoms with E-state index in [0.717, 1.165) is 5.69 Å². The van der Waals surface area contributed by atoms with Crippen LogP contribution in [0.3, 0.4) is 0 Å². The standard InChI is InChI=1S/C17H17N3O4/c21-15-11-24-16-12(18-15)3-1-4-13(16)19-6-8-20(9-7-19)17(22)14-5-2-10-23-14/h1-5,10H,6-9,11H2,(H,18,21). The van der Waals surface area contributed by atoms with Crippen LogP contribution in [0.25, 0.3) is 0 Å². The van der Waals surface area contributed by atoms with Gasteiger partial charge in [-0.1, -0.05) is 6.07 Å². The summed E-state index contributed by atoms with van der Waals surface area (Å²) in [5.74, 6) is 0.835. The van der Waals surface area contributed by atoms with E-state index in [1.165, 1.54) is 6.26 Å². The normalized spacial score (nSPS) is 17.1. The van der Waals surface area contributed by atoms with Crippen molar-refractivity contribution in [2.24, 2.45) is 0 Å². The predicted octanol–water partition coefficient (Wildman–Crippen LogP) is 1.57. The Hall–Kier alpha value is -2.96. The molecule has 124 valence electrons. The summed E-state index contributed by atoms with van der Waals surface area (Å²) in [5, 5.41) is 2.82. The van der Waals surface area contributed by atoms with E-state index < -0.39 is 0 Å². The molecule has 1 aromatic heterocycles. The molecule has 0 aliphatic carbocycles. The molecule has 2 aliphatic heterocycles. The van der Waals surface area contributed by atoms with E-state index in [9.17, 15) is 9.59 Å². The zero-order valence-electron chi connectivity index (χ0n) is 13.0. The number of nitrogens with one attached hydrogen (secondary N) is 1. The minimum atomic E-state index is -0.145. The number of hydrogen-bond acceptors (Lipinski definition) is 5. The van der Waals surface area contributed by atoms with Gasteiger partial charge in [0, 0.05) is 26.2 Å². The van der Waals surface area contributed by atoms with Crippen LogP contribution in [0.5, 0.6) is 5.75 Å². The number of piperazine rings is 1. The number of carbonyl (C=O) groups excluding carboxylic acids is 2. The monoisotopic (exact) mass is 327 g/mol. The van der Waals surface area contributed by atoms with Gasteiger partial charge in [-0.3, -0.25) is 9.59 Å². The summed E-state index contributed by atoms with van der Waals surface area (Å²) < 4.78 is 10.8. The first-order chi connectivity index (χ1) is 11.7. The number of carbonyl (C=O) groups is 2. The van der Waals surface area contributed by atoms with Crippen LogP contribution in [-0.4, -0.2) is 49.5 Å². The molecule has 0 bridgehead atoms. The number of nitrogens with zero attached hydrogens (tertiary/aromatic N) is 2. The Balaban J connectivity index is 1.48. The van der Waals surface area contributed by atoms with E-state index >= 15 is 0 Å². The summed E-state index contributed by atoms with van der Waals surface area (Å²) in [6.45, 7) is 2.63. The maximum absolute atomic E-state index is 12.3. The van der Waals surface area contributed by atoms with Crippen molar-refractivity contribution in [3.8, 4) is 5.75 Å². The molecule has 4 rings (SSSR count). The van der Waals surface area contributed by atoms with Gasteiger partial charge in [-0.05, 0) is 24.3 Å². The van der Waals surface area contributed by atoms with Gasteiger partial charge in [-0.25, -0.2) is 0 Å². The first-order valence-electron chi connectivity index (χ1n) is 7.86. The molecule has 0 unspecified atom stereocenters. The molecule has 0 atom stereocenters. The third-order valence-corrected chi connectivity index (χ3v) is 4.26. The van der Waals surface area contributed by atoms with Crippen molar-refractivity contribution >= 4 is 23.2 Å². The van der Waals surface area contributed by atoms with Crippen molar-refractivity contribution in [2.45, 2.75) is 0 Å². The van der Waals surface area contributed by atoms with E-state index in [0.29, 0.717) is 43.4 Å². The summed E-state index contributed by atoms with van der Waals surface area (Å²) in [6.07, 6.45) is 1.51. The molecule has 0 saturated carbocycles. The minimum absolute atomic E-state index is 0.0287. The van der Waals surface area contributed by atoms with Crippen LogP contribution in [0, 0.1) is 0 Å². The fourth-order valence-corrected chi connectivity index (χ4v) is 3.05. The molecule has 7 heteroatoms. The van der Waals surface area contributed by atoms with Gasteiger partial charge in [-0.2, -0.15) is 0 Å². The highest BCUT2D eigenvalue weighted by Crippen LogP contribution is 2.38. The lowest BCUT2D eigenvalue weighted by Crippen LogP contribution is -2.49. The Bertz CT molecular complexity index is 764. The largest absolute Gasteiger partial charge is 0.479 e. The lowest BCUT2D eigenvalue weighted by Gasteiger charge is -2.37. The van der Waals surface area contributed by atoms with Crippen molar-refractivity contribution < 1.29 is 18.7 Å². The second kappa shape index (κ2) is 5.92. The Morgan fingerprint density at radius 1 is 1.08 bits per heavy atom. The highest BCUT2D eigenvalue weighted by Gasteiger charge is 2.27. The molecule has 7 nitrogen and oxygen atoms in total. The molecular formula is C17H17N3O4. The first-order valence-corrected chi connectivity index (χ1v) is 7.86. The molecule has 0 radical (unpaired) electrons. The van der Waals surface area contributed by atoms with E-state index in [2.05, 4.69) is 10.2 Å². The lowest BCUT2D eigenvalue weighted by molar-refractivity contribution is -0.118. The van der Waals surface area contributed by atoms with Gasteiger partial charge in [0.1, 0.15) is 0 Å². The summed E-state index contributed by atoms with van der Waals surface area (Å²) >= 11 is 0. The Labute approximate surface area is 138 Å². The molecule has 2 amide bonds. The van der Waals surface area contributed by atoms with Gasteiger partial charge in [0.2, 0.25) is 0 Å². The van der Waals surface area contributed by atoms with Crippen molar-refractivity contribution in [2.75, 3.05) is 43.0 Å². The Morgan fingerprint density at radius 3 is 2.67 bits per heavy atom. The molecule has 1 N–H and O–H groups in total. The summed E-state index contributed by atoms with van der Waals surface area (Å²) in [5.41, 5.74) is 1.63. The number of furan rings is 1. The maximum Gasteiger partial charge on any atom is 0.289 e. The van der Waals surface area contributed by atoms with Crippen molar-refractivity contribution in [3.63, 3.8) is 0 Å². The quantitative estimate of drug-likeness (QED) is 0.906. The smallest absolute Gasteiger partial charge is 0.289 e. The van der Waals surface area contributed by atoms with Crippen LogP contribution >= 0.6 is 0 Å². The summed E-state index contributed by atoms with van der Waals surface area (Å²) in [4.78, 5) is 27.7. The van der Waals surface area contributed by atoms with Gasteiger partial charge >= 0.3 is 0 Å². The third-order valence-electron chi connectivity index (χ3n) is 4.26.